The Labute approximate surface area is 164 Å². The van der Waals surface area contributed by atoms with Crippen LogP contribution in [0.15, 0.2) is 70.3 Å². The molecule has 132 valence electrons. The molecule has 5 heteroatoms. The lowest BCUT2D eigenvalue weighted by Gasteiger charge is -2.24. The highest BCUT2D eigenvalue weighted by Gasteiger charge is 2.22. The van der Waals surface area contributed by atoms with Crippen LogP contribution >= 0.6 is 15.9 Å². The van der Waals surface area contributed by atoms with Crippen molar-refractivity contribution in [3.8, 4) is 17.2 Å². The molecule has 0 bridgehead atoms. The van der Waals surface area contributed by atoms with Crippen LogP contribution < -0.4 is 10.2 Å². The number of ether oxygens (including phenoxy) is 1. The van der Waals surface area contributed by atoms with Crippen LogP contribution in [0.4, 0.5) is 0 Å². The first-order valence-electron chi connectivity index (χ1n) is 8.66. The minimum Gasteiger partial charge on any atom is -0.453 e. The molecule has 0 saturated carbocycles. The molecule has 2 aromatic carbocycles. The highest BCUT2D eigenvalue weighted by molar-refractivity contribution is 9.10. The second-order valence-corrected chi connectivity index (χ2v) is 7.68. The summed E-state index contributed by atoms with van der Waals surface area (Å²) in [4.78, 5) is 17.4. The largest absolute Gasteiger partial charge is 0.453 e. The molecule has 5 rings (SSSR count). The van der Waals surface area contributed by atoms with Crippen LogP contribution in [0.5, 0.6) is 11.5 Å². The van der Waals surface area contributed by atoms with E-state index in [0.29, 0.717) is 17.6 Å². The molecule has 4 aromatic rings. The molecular weight excluding hydrogens is 404 g/mol. The second-order valence-electron chi connectivity index (χ2n) is 6.76. The van der Waals surface area contributed by atoms with Gasteiger partial charge in [0.2, 0.25) is 0 Å². The Morgan fingerprint density at radius 2 is 2.04 bits per heavy atom. The van der Waals surface area contributed by atoms with Gasteiger partial charge in [-0.05, 0) is 54.4 Å². The highest BCUT2D eigenvalue weighted by Crippen LogP contribution is 2.41. The van der Waals surface area contributed by atoms with E-state index in [1.165, 1.54) is 0 Å². The lowest BCUT2D eigenvalue weighted by molar-refractivity contribution is 0.474. The quantitative estimate of drug-likeness (QED) is 0.397. The maximum absolute atomic E-state index is 13.2. The minimum atomic E-state index is 0.0390. The maximum atomic E-state index is 13.2. The number of rotatable bonds is 2. The highest BCUT2D eigenvalue weighted by atomic mass is 79.9. The lowest BCUT2D eigenvalue weighted by Crippen LogP contribution is -2.17. The number of benzene rings is 2. The molecule has 0 fully saturated rings. The molecule has 0 amide bonds. The summed E-state index contributed by atoms with van der Waals surface area (Å²) in [5.74, 6) is 1.48. The molecule has 0 N–H and O–H groups in total. The van der Waals surface area contributed by atoms with Gasteiger partial charge in [0.15, 0.2) is 16.9 Å². The predicted molar refractivity (Wildman–Crippen MR) is 109 cm³/mol. The van der Waals surface area contributed by atoms with Gasteiger partial charge in [0.05, 0.1) is 11.1 Å². The van der Waals surface area contributed by atoms with Crippen LogP contribution in [-0.2, 0) is 6.42 Å². The normalized spacial score (nSPS) is 11.9. The number of halogens is 1. The third-order valence-electron chi connectivity index (χ3n) is 4.80. The van der Waals surface area contributed by atoms with Crippen LogP contribution in [0.2, 0.25) is 0 Å². The van der Waals surface area contributed by atoms with E-state index in [0.717, 1.165) is 38.1 Å². The topological polar surface area (TPSA) is 44.1 Å². The molecule has 2 aromatic heterocycles. The monoisotopic (exact) mass is 418 g/mol. The van der Waals surface area contributed by atoms with Crippen molar-refractivity contribution in [3.63, 3.8) is 0 Å². The molecule has 0 saturated heterocycles. The van der Waals surface area contributed by atoms with Gasteiger partial charge in [0.1, 0.15) is 5.52 Å². The predicted octanol–water partition coefficient (Wildman–Crippen LogP) is 5.15. The van der Waals surface area contributed by atoms with Crippen molar-refractivity contribution in [3.05, 3.63) is 92.4 Å². The summed E-state index contributed by atoms with van der Waals surface area (Å²) in [7, 11) is 0. The average Bonchev–Trinajstić information content (AvgIpc) is 2.66. The van der Waals surface area contributed by atoms with Gasteiger partial charge >= 0.3 is 0 Å². The smallest absolute Gasteiger partial charge is 0.193 e. The summed E-state index contributed by atoms with van der Waals surface area (Å²) >= 11 is 3.54. The van der Waals surface area contributed by atoms with Gasteiger partial charge in [-0.2, -0.15) is 0 Å². The van der Waals surface area contributed by atoms with Gasteiger partial charge in [0, 0.05) is 35.0 Å². The molecule has 0 aliphatic carbocycles. The van der Waals surface area contributed by atoms with E-state index in [2.05, 4.69) is 25.5 Å². The second kappa shape index (κ2) is 6.06. The van der Waals surface area contributed by atoms with Crippen molar-refractivity contribution in [2.45, 2.75) is 13.3 Å². The van der Waals surface area contributed by atoms with Crippen molar-refractivity contribution < 1.29 is 4.74 Å². The Hall–Kier alpha value is -2.92. The fourth-order valence-electron chi connectivity index (χ4n) is 3.62. The molecule has 0 unspecified atom stereocenters. The third-order valence-corrected chi connectivity index (χ3v) is 5.29. The van der Waals surface area contributed by atoms with Gasteiger partial charge in [-0.1, -0.05) is 22.0 Å². The van der Waals surface area contributed by atoms with Gasteiger partial charge in [-0.3, -0.25) is 9.78 Å². The van der Waals surface area contributed by atoms with Gasteiger partial charge < -0.3 is 9.30 Å². The molecule has 3 heterocycles. The Balaban J connectivity index is 1.83. The van der Waals surface area contributed by atoms with E-state index in [9.17, 15) is 4.79 Å². The van der Waals surface area contributed by atoms with E-state index in [-0.39, 0.29) is 5.43 Å². The molecule has 1 aliphatic heterocycles. The average molecular weight is 419 g/mol. The van der Waals surface area contributed by atoms with Crippen molar-refractivity contribution in [1.82, 2.24) is 9.55 Å². The van der Waals surface area contributed by atoms with Crippen molar-refractivity contribution >= 4 is 26.8 Å². The number of pyridine rings is 2. The zero-order chi connectivity index (χ0) is 18.5. The van der Waals surface area contributed by atoms with Gasteiger partial charge in [-0.25, -0.2) is 0 Å². The van der Waals surface area contributed by atoms with Crippen LogP contribution in [0, 0.1) is 6.92 Å². The first-order chi connectivity index (χ1) is 13.1. The summed E-state index contributed by atoms with van der Waals surface area (Å²) < 4.78 is 9.14. The van der Waals surface area contributed by atoms with Crippen LogP contribution in [0.25, 0.3) is 16.6 Å². The summed E-state index contributed by atoms with van der Waals surface area (Å²) in [6.07, 6.45) is 6.01. The van der Waals surface area contributed by atoms with Crippen LogP contribution in [0.1, 0.15) is 16.7 Å². The van der Waals surface area contributed by atoms with Crippen molar-refractivity contribution in [2.75, 3.05) is 0 Å². The minimum absolute atomic E-state index is 0.0390. The summed E-state index contributed by atoms with van der Waals surface area (Å²) in [5, 5.41) is 0.678. The molecular formula is C22H15BrN2O2. The number of hydrogen-bond donors (Lipinski definition) is 0. The van der Waals surface area contributed by atoms with Crippen molar-refractivity contribution in [2.24, 2.45) is 0 Å². The zero-order valence-corrected chi connectivity index (χ0v) is 16.2. The van der Waals surface area contributed by atoms with Gasteiger partial charge in [-0.15, -0.1) is 0 Å². The number of aryl methyl sites for hydroxylation is 1. The first-order valence-corrected chi connectivity index (χ1v) is 9.45. The molecule has 0 spiro atoms. The number of aromatic nitrogens is 2. The van der Waals surface area contributed by atoms with Crippen LogP contribution in [-0.4, -0.2) is 9.55 Å². The Morgan fingerprint density at radius 1 is 1.15 bits per heavy atom. The number of fused-ring (bicyclic) bond motifs is 2. The fourth-order valence-corrected chi connectivity index (χ4v) is 3.97. The lowest BCUT2D eigenvalue weighted by atomic mass is 10.0. The van der Waals surface area contributed by atoms with Crippen LogP contribution in [0.3, 0.4) is 0 Å². The fraction of sp³-hybridized carbons (Fsp3) is 0.0909. The molecule has 0 atom stereocenters. The van der Waals surface area contributed by atoms with Gasteiger partial charge in [0.25, 0.3) is 0 Å². The number of nitrogens with zero attached hydrogens (tertiary/aromatic N) is 2. The van der Waals surface area contributed by atoms with E-state index in [4.69, 9.17) is 4.74 Å². The summed E-state index contributed by atoms with van der Waals surface area (Å²) in [5.41, 5.74) is 4.51. The molecule has 1 aliphatic rings. The third kappa shape index (κ3) is 2.66. The Bertz CT molecular complexity index is 1260. The SMILES string of the molecule is Cc1cc2c3c(c1)c(=O)c(Cc1cccnc1)cn3-c1cc(Br)ccc1O2. The first kappa shape index (κ1) is 16.3. The Morgan fingerprint density at radius 3 is 2.85 bits per heavy atom. The van der Waals surface area contributed by atoms with E-state index in [1.807, 2.05) is 55.6 Å². The van der Waals surface area contributed by atoms with E-state index in [1.54, 1.807) is 12.4 Å². The van der Waals surface area contributed by atoms with E-state index < -0.39 is 0 Å². The van der Waals surface area contributed by atoms with E-state index >= 15 is 0 Å². The molecule has 27 heavy (non-hydrogen) atoms. The summed E-state index contributed by atoms with van der Waals surface area (Å²) in [6.45, 7) is 1.98. The Kier molecular flexibility index (Phi) is 3.65. The standard InChI is InChI=1S/C22H15BrN2O2/c1-13-7-17-21-20(8-13)27-19-5-4-16(23)10-18(19)25(21)12-15(22(17)26)9-14-3-2-6-24-11-14/h2-8,10-12H,9H2,1H3. The number of hydrogen-bond acceptors (Lipinski definition) is 3. The summed E-state index contributed by atoms with van der Waals surface area (Å²) in [6, 6.07) is 13.7. The van der Waals surface area contributed by atoms with Crippen molar-refractivity contribution in [1.29, 1.82) is 0 Å². The molecule has 0 radical (unpaired) electrons. The maximum Gasteiger partial charge on any atom is 0.193 e. The molecule has 4 nitrogen and oxygen atoms in total. The zero-order valence-electron chi connectivity index (χ0n) is 14.6.